The minimum atomic E-state index is -0.327. The molecule has 4 heteroatoms. The van der Waals surface area contributed by atoms with Gasteiger partial charge in [0.2, 0.25) is 0 Å². The molecule has 19 heavy (non-hydrogen) atoms. The van der Waals surface area contributed by atoms with Crippen molar-refractivity contribution in [3.05, 3.63) is 29.6 Å². The van der Waals surface area contributed by atoms with Crippen LogP contribution >= 0.6 is 0 Å². The van der Waals surface area contributed by atoms with Gasteiger partial charge in [0.05, 0.1) is 6.61 Å². The third-order valence-corrected chi connectivity index (χ3v) is 2.61. The molecular weight excluding hydrogens is 245 g/mol. The highest BCUT2D eigenvalue weighted by Crippen LogP contribution is 2.19. The zero-order valence-corrected chi connectivity index (χ0v) is 12.2. The van der Waals surface area contributed by atoms with Crippen LogP contribution in [0.1, 0.15) is 26.3 Å². The minimum Gasteiger partial charge on any atom is -0.485 e. The number of hydrogen-bond donors (Lipinski definition) is 1. The maximum absolute atomic E-state index is 13.8. The van der Waals surface area contributed by atoms with Crippen molar-refractivity contribution in [2.24, 2.45) is 5.92 Å². The molecule has 0 aliphatic carbocycles. The lowest BCUT2D eigenvalue weighted by Gasteiger charge is -2.15. The van der Waals surface area contributed by atoms with Crippen LogP contribution in [0.5, 0.6) is 5.75 Å². The van der Waals surface area contributed by atoms with Gasteiger partial charge >= 0.3 is 0 Å². The van der Waals surface area contributed by atoms with E-state index in [2.05, 4.69) is 19.2 Å². The van der Waals surface area contributed by atoms with Crippen LogP contribution in [-0.4, -0.2) is 26.4 Å². The van der Waals surface area contributed by atoms with Crippen molar-refractivity contribution >= 4 is 0 Å². The van der Waals surface area contributed by atoms with Gasteiger partial charge in [-0.05, 0) is 37.1 Å². The molecule has 0 saturated heterocycles. The molecule has 0 aliphatic heterocycles. The monoisotopic (exact) mass is 269 g/mol. The second-order valence-electron chi connectivity index (χ2n) is 5.17. The van der Waals surface area contributed by atoms with Gasteiger partial charge in [0, 0.05) is 13.7 Å². The molecule has 0 bridgehead atoms. The van der Waals surface area contributed by atoms with Gasteiger partial charge in [-0.15, -0.1) is 0 Å². The molecule has 0 amide bonds. The van der Waals surface area contributed by atoms with E-state index in [4.69, 9.17) is 9.47 Å². The zero-order chi connectivity index (χ0) is 14.3. The predicted molar refractivity (Wildman–Crippen MR) is 74.9 cm³/mol. The van der Waals surface area contributed by atoms with E-state index in [1.54, 1.807) is 13.2 Å². The van der Waals surface area contributed by atoms with Gasteiger partial charge in [-0.25, -0.2) is 4.39 Å². The lowest BCUT2D eigenvalue weighted by Crippen LogP contribution is -2.20. The summed E-state index contributed by atoms with van der Waals surface area (Å²) in [5.74, 6) is 0.534. The van der Waals surface area contributed by atoms with Gasteiger partial charge in [0.1, 0.15) is 6.10 Å². The molecule has 108 valence electrons. The summed E-state index contributed by atoms with van der Waals surface area (Å²) in [6.07, 6.45) is -0.163. The largest absolute Gasteiger partial charge is 0.485 e. The Hall–Kier alpha value is -1.13. The number of nitrogens with one attached hydrogen (secondary N) is 1. The zero-order valence-electron chi connectivity index (χ0n) is 12.2. The maximum Gasteiger partial charge on any atom is 0.165 e. The van der Waals surface area contributed by atoms with Gasteiger partial charge in [0.15, 0.2) is 11.6 Å². The molecular formula is C15H24FNO2. The van der Waals surface area contributed by atoms with E-state index in [1.807, 2.05) is 13.0 Å². The third-order valence-electron chi connectivity index (χ3n) is 2.61. The van der Waals surface area contributed by atoms with Crippen molar-refractivity contribution < 1.29 is 13.9 Å². The second kappa shape index (κ2) is 8.12. The number of ether oxygens (including phenoxy) is 2. The predicted octanol–water partition coefficient (Wildman–Crippen LogP) is 2.99. The Bertz CT molecular complexity index is 382. The van der Waals surface area contributed by atoms with Gasteiger partial charge in [-0.1, -0.05) is 19.9 Å². The summed E-state index contributed by atoms with van der Waals surface area (Å²) in [6, 6.07) is 5.07. The summed E-state index contributed by atoms with van der Waals surface area (Å²) in [6.45, 7) is 8.16. The van der Waals surface area contributed by atoms with Crippen LogP contribution < -0.4 is 10.1 Å². The normalized spacial score (nSPS) is 12.7. The molecule has 0 spiro atoms. The number of benzene rings is 1. The number of halogens is 1. The van der Waals surface area contributed by atoms with E-state index in [-0.39, 0.29) is 17.7 Å². The van der Waals surface area contributed by atoms with Crippen LogP contribution in [0.4, 0.5) is 4.39 Å². The fourth-order valence-electron chi connectivity index (χ4n) is 1.74. The highest BCUT2D eigenvalue weighted by Gasteiger charge is 2.09. The van der Waals surface area contributed by atoms with Crippen LogP contribution in [0, 0.1) is 11.7 Å². The Morgan fingerprint density at radius 2 is 2.00 bits per heavy atom. The summed E-state index contributed by atoms with van der Waals surface area (Å²) in [5, 5.41) is 3.28. The molecule has 1 N–H and O–H groups in total. The number of methoxy groups -OCH3 is 1. The van der Waals surface area contributed by atoms with Gasteiger partial charge < -0.3 is 14.8 Å². The highest BCUT2D eigenvalue weighted by molar-refractivity contribution is 5.29. The molecule has 3 nitrogen and oxygen atoms in total. The molecule has 1 rings (SSSR count). The summed E-state index contributed by atoms with van der Waals surface area (Å²) >= 11 is 0. The van der Waals surface area contributed by atoms with Crippen molar-refractivity contribution in [1.82, 2.24) is 5.32 Å². The van der Waals surface area contributed by atoms with Crippen LogP contribution in [0.15, 0.2) is 18.2 Å². The van der Waals surface area contributed by atoms with Crippen LogP contribution in [0.2, 0.25) is 0 Å². The van der Waals surface area contributed by atoms with Crippen LogP contribution in [-0.2, 0) is 11.3 Å². The lowest BCUT2D eigenvalue weighted by atomic mass is 10.2. The van der Waals surface area contributed by atoms with Gasteiger partial charge in [-0.3, -0.25) is 0 Å². The average molecular weight is 269 g/mol. The first-order chi connectivity index (χ1) is 9.02. The topological polar surface area (TPSA) is 30.5 Å². The Morgan fingerprint density at radius 3 is 2.58 bits per heavy atom. The first kappa shape index (κ1) is 15.9. The summed E-state index contributed by atoms with van der Waals surface area (Å²) < 4.78 is 24.3. The maximum atomic E-state index is 13.8. The van der Waals surface area contributed by atoms with Crippen molar-refractivity contribution in [1.29, 1.82) is 0 Å². The van der Waals surface area contributed by atoms with E-state index in [0.717, 1.165) is 12.1 Å². The average Bonchev–Trinajstić information content (AvgIpc) is 2.32. The highest BCUT2D eigenvalue weighted by atomic mass is 19.1. The summed E-state index contributed by atoms with van der Waals surface area (Å²) in [4.78, 5) is 0. The van der Waals surface area contributed by atoms with Crippen molar-refractivity contribution in [3.8, 4) is 5.75 Å². The van der Waals surface area contributed by atoms with E-state index in [0.29, 0.717) is 19.1 Å². The molecule has 0 radical (unpaired) electrons. The molecule has 0 fully saturated rings. The fraction of sp³-hybridized carbons (Fsp3) is 0.600. The second-order valence-corrected chi connectivity index (χ2v) is 5.17. The lowest BCUT2D eigenvalue weighted by molar-refractivity contribution is 0.0892. The number of rotatable bonds is 8. The van der Waals surface area contributed by atoms with Gasteiger partial charge in [-0.2, -0.15) is 0 Å². The SMILES string of the molecule is COCC(C)Oc1ccc(CNCC(C)C)cc1F. The Balaban J connectivity index is 2.54. The van der Waals surface area contributed by atoms with E-state index >= 15 is 0 Å². The van der Waals surface area contributed by atoms with Crippen LogP contribution in [0.25, 0.3) is 0 Å². The Labute approximate surface area is 115 Å². The quantitative estimate of drug-likeness (QED) is 0.787. The van der Waals surface area contributed by atoms with Crippen molar-refractivity contribution in [2.45, 2.75) is 33.4 Å². The molecule has 1 atom stereocenters. The smallest absolute Gasteiger partial charge is 0.165 e. The molecule has 1 unspecified atom stereocenters. The first-order valence-corrected chi connectivity index (χ1v) is 6.67. The first-order valence-electron chi connectivity index (χ1n) is 6.67. The van der Waals surface area contributed by atoms with E-state index in [1.165, 1.54) is 6.07 Å². The molecule has 1 aromatic carbocycles. The van der Waals surface area contributed by atoms with E-state index in [9.17, 15) is 4.39 Å². The van der Waals surface area contributed by atoms with Crippen molar-refractivity contribution in [2.75, 3.05) is 20.3 Å². The molecule has 0 aliphatic rings. The summed E-state index contributed by atoms with van der Waals surface area (Å²) in [5.41, 5.74) is 0.921. The van der Waals surface area contributed by atoms with E-state index < -0.39 is 0 Å². The molecule has 0 heterocycles. The molecule has 0 saturated carbocycles. The standard InChI is InChI=1S/C15H24FNO2/c1-11(2)8-17-9-13-5-6-15(14(16)7-13)19-12(3)10-18-4/h5-7,11-12,17H,8-10H2,1-4H3. The minimum absolute atomic E-state index is 0.163. The summed E-state index contributed by atoms with van der Waals surface area (Å²) in [7, 11) is 1.60. The number of hydrogen-bond acceptors (Lipinski definition) is 3. The Morgan fingerprint density at radius 1 is 1.26 bits per heavy atom. The van der Waals surface area contributed by atoms with Crippen LogP contribution in [0.3, 0.4) is 0 Å². The third kappa shape index (κ3) is 6.03. The van der Waals surface area contributed by atoms with Crippen molar-refractivity contribution in [3.63, 3.8) is 0 Å². The Kier molecular flexibility index (Phi) is 6.81. The molecule has 0 aromatic heterocycles. The fourth-order valence-corrected chi connectivity index (χ4v) is 1.74. The molecule has 1 aromatic rings. The van der Waals surface area contributed by atoms with Gasteiger partial charge in [0.25, 0.3) is 0 Å².